The molecule has 1 aromatic rings. The number of hydrogen-bond donors (Lipinski definition) is 1. The predicted octanol–water partition coefficient (Wildman–Crippen LogP) is 4.67. The first kappa shape index (κ1) is 22.5. The molecule has 0 saturated carbocycles. The van der Waals surface area contributed by atoms with Crippen LogP contribution in [0, 0.1) is 0 Å². The summed E-state index contributed by atoms with van der Waals surface area (Å²) in [5.74, 6) is -0.319. The molecule has 1 N–H and O–H groups in total. The summed E-state index contributed by atoms with van der Waals surface area (Å²) in [5, 5.41) is 3.32. The number of benzene rings is 1. The van der Waals surface area contributed by atoms with Crippen LogP contribution in [0.25, 0.3) is 0 Å². The van der Waals surface area contributed by atoms with Gasteiger partial charge in [0.05, 0.1) is 25.4 Å². The molecule has 1 rings (SSSR count). The minimum Gasteiger partial charge on any atom is -0.460 e. The molecule has 5 heteroatoms. The average Bonchev–Trinajstić information content (AvgIpc) is 2.66. The Hall–Kier alpha value is -1.59. The molecule has 0 saturated heterocycles. The number of nitrogens with one attached hydrogen (secondary N) is 1. The van der Waals surface area contributed by atoms with Gasteiger partial charge in [0.2, 0.25) is 0 Å². The highest BCUT2D eigenvalue weighted by Crippen LogP contribution is 2.10. The summed E-state index contributed by atoms with van der Waals surface area (Å²) in [7, 11) is 0. The van der Waals surface area contributed by atoms with Crippen molar-refractivity contribution in [2.45, 2.75) is 52.4 Å². The zero-order chi connectivity index (χ0) is 18.9. The van der Waals surface area contributed by atoms with Gasteiger partial charge in [-0.05, 0) is 37.1 Å². The standard InChI is InChI=1S/C21H35NO4/c1-3-5-7-8-14-24-15-16-25-17-18-26-21(23)19-9-11-20(12-10-19)22-13-6-4-2/h9-12,22H,3-8,13-18H2,1-2H3. The monoisotopic (exact) mass is 365 g/mol. The van der Waals surface area contributed by atoms with Gasteiger partial charge in [0.1, 0.15) is 6.61 Å². The van der Waals surface area contributed by atoms with Crippen molar-refractivity contribution in [3.8, 4) is 0 Å². The molecule has 0 atom stereocenters. The van der Waals surface area contributed by atoms with Crippen LogP contribution in [0.3, 0.4) is 0 Å². The second-order valence-corrected chi connectivity index (χ2v) is 6.28. The van der Waals surface area contributed by atoms with E-state index in [0.29, 0.717) is 25.4 Å². The number of carbonyl (C=O) groups is 1. The third-order valence-electron chi connectivity index (χ3n) is 3.96. The largest absolute Gasteiger partial charge is 0.460 e. The first-order valence-corrected chi connectivity index (χ1v) is 9.94. The molecule has 0 aliphatic rings. The van der Waals surface area contributed by atoms with Crippen LogP contribution in [0.4, 0.5) is 5.69 Å². The molecule has 1 aromatic carbocycles. The number of unbranched alkanes of at least 4 members (excludes halogenated alkanes) is 4. The molecule has 0 bridgehead atoms. The first-order valence-electron chi connectivity index (χ1n) is 9.94. The lowest BCUT2D eigenvalue weighted by molar-refractivity contribution is 0.0142. The van der Waals surface area contributed by atoms with Crippen LogP contribution in [0.1, 0.15) is 62.7 Å². The van der Waals surface area contributed by atoms with Crippen molar-refractivity contribution >= 4 is 11.7 Å². The summed E-state index contributed by atoms with van der Waals surface area (Å²) in [6.07, 6.45) is 7.13. The summed E-state index contributed by atoms with van der Waals surface area (Å²) < 4.78 is 16.1. The zero-order valence-corrected chi connectivity index (χ0v) is 16.4. The Labute approximate surface area is 158 Å². The predicted molar refractivity (Wildman–Crippen MR) is 106 cm³/mol. The lowest BCUT2D eigenvalue weighted by Gasteiger charge is -2.08. The zero-order valence-electron chi connectivity index (χ0n) is 16.4. The molecule has 0 radical (unpaired) electrons. The Balaban J connectivity index is 2.02. The lowest BCUT2D eigenvalue weighted by Crippen LogP contribution is -2.13. The molecule has 0 heterocycles. The highest BCUT2D eigenvalue weighted by molar-refractivity contribution is 5.89. The Bertz CT molecular complexity index is 462. The number of anilines is 1. The van der Waals surface area contributed by atoms with E-state index in [1.807, 2.05) is 12.1 Å². The van der Waals surface area contributed by atoms with Gasteiger partial charge in [-0.25, -0.2) is 4.79 Å². The molecule has 0 spiro atoms. The molecule has 0 fully saturated rings. The molecule has 0 unspecified atom stereocenters. The van der Waals surface area contributed by atoms with Gasteiger partial charge in [0.25, 0.3) is 0 Å². The van der Waals surface area contributed by atoms with E-state index in [-0.39, 0.29) is 12.6 Å². The van der Waals surface area contributed by atoms with Gasteiger partial charge < -0.3 is 19.5 Å². The van der Waals surface area contributed by atoms with Crippen molar-refractivity contribution in [1.29, 1.82) is 0 Å². The molecule has 0 aliphatic carbocycles. The summed E-state index contributed by atoms with van der Waals surface area (Å²) in [5.41, 5.74) is 1.58. The quantitative estimate of drug-likeness (QED) is 0.341. The van der Waals surface area contributed by atoms with Crippen molar-refractivity contribution in [3.63, 3.8) is 0 Å². The molecule has 0 aliphatic heterocycles. The van der Waals surface area contributed by atoms with Crippen LogP contribution < -0.4 is 5.32 Å². The topological polar surface area (TPSA) is 56.8 Å². The van der Waals surface area contributed by atoms with Gasteiger partial charge >= 0.3 is 5.97 Å². The Kier molecular flexibility index (Phi) is 13.5. The average molecular weight is 366 g/mol. The van der Waals surface area contributed by atoms with Crippen LogP contribution in [0.2, 0.25) is 0 Å². The van der Waals surface area contributed by atoms with E-state index >= 15 is 0 Å². The minimum atomic E-state index is -0.319. The van der Waals surface area contributed by atoms with Crippen molar-refractivity contribution in [1.82, 2.24) is 0 Å². The fourth-order valence-electron chi connectivity index (χ4n) is 2.36. The minimum absolute atomic E-state index is 0.256. The molecule has 26 heavy (non-hydrogen) atoms. The van der Waals surface area contributed by atoms with E-state index in [2.05, 4.69) is 19.2 Å². The maximum absolute atomic E-state index is 12.0. The van der Waals surface area contributed by atoms with E-state index in [1.54, 1.807) is 12.1 Å². The Morgan fingerprint density at radius 3 is 2.15 bits per heavy atom. The maximum Gasteiger partial charge on any atom is 0.338 e. The van der Waals surface area contributed by atoms with Gasteiger partial charge in [-0.1, -0.05) is 39.5 Å². The van der Waals surface area contributed by atoms with Crippen molar-refractivity contribution in [2.75, 3.05) is 44.9 Å². The van der Waals surface area contributed by atoms with E-state index in [1.165, 1.54) is 19.3 Å². The van der Waals surface area contributed by atoms with E-state index < -0.39 is 0 Å². The summed E-state index contributed by atoms with van der Waals surface area (Å²) in [4.78, 5) is 12.0. The maximum atomic E-state index is 12.0. The summed E-state index contributed by atoms with van der Waals surface area (Å²) >= 11 is 0. The van der Waals surface area contributed by atoms with Gasteiger partial charge in [0, 0.05) is 18.8 Å². The molecular weight excluding hydrogens is 330 g/mol. The van der Waals surface area contributed by atoms with Crippen molar-refractivity contribution in [2.24, 2.45) is 0 Å². The number of carbonyl (C=O) groups excluding carboxylic acids is 1. The Morgan fingerprint density at radius 2 is 1.46 bits per heavy atom. The fourth-order valence-corrected chi connectivity index (χ4v) is 2.36. The fraction of sp³-hybridized carbons (Fsp3) is 0.667. The molecular formula is C21H35NO4. The molecule has 5 nitrogen and oxygen atoms in total. The van der Waals surface area contributed by atoms with Gasteiger partial charge in [-0.3, -0.25) is 0 Å². The first-order chi connectivity index (χ1) is 12.8. The second-order valence-electron chi connectivity index (χ2n) is 6.28. The highest BCUT2D eigenvalue weighted by atomic mass is 16.6. The summed E-state index contributed by atoms with van der Waals surface area (Å²) in [6.45, 7) is 7.86. The number of hydrogen-bond acceptors (Lipinski definition) is 5. The van der Waals surface area contributed by atoms with Gasteiger partial charge in [-0.2, -0.15) is 0 Å². The molecule has 148 valence electrons. The van der Waals surface area contributed by atoms with Crippen LogP contribution in [0.15, 0.2) is 24.3 Å². The normalized spacial score (nSPS) is 10.7. The number of rotatable bonds is 16. The molecule has 0 amide bonds. The van der Waals surface area contributed by atoms with Crippen molar-refractivity contribution < 1.29 is 19.0 Å². The van der Waals surface area contributed by atoms with Crippen molar-refractivity contribution in [3.05, 3.63) is 29.8 Å². The number of esters is 1. The number of ether oxygens (including phenoxy) is 3. The molecule has 0 aromatic heterocycles. The SMILES string of the molecule is CCCCCCOCCOCCOC(=O)c1ccc(NCCCC)cc1. The van der Waals surface area contributed by atoms with E-state index in [4.69, 9.17) is 14.2 Å². The van der Waals surface area contributed by atoms with Crippen LogP contribution >= 0.6 is 0 Å². The third-order valence-corrected chi connectivity index (χ3v) is 3.96. The van der Waals surface area contributed by atoms with E-state index in [0.717, 1.165) is 38.1 Å². The second kappa shape index (κ2) is 15.6. The highest BCUT2D eigenvalue weighted by Gasteiger charge is 2.06. The van der Waals surface area contributed by atoms with Crippen LogP contribution in [-0.2, 0) is 14.2 Å². The van der Waals surface area contributed by atoms with Crippen LogP contribution in [-0.4, -0.2) is 45.5 Å². The lowest BCUT2D eigenvalue weighted by atomic mass is 10.2. The van der Waals surface area contributed by atoms with Gasteiger partial charge in [0.15, 0.2) is 0 Å². The van der Waals surface area contributed by atoms with Gasteiger partial charge in [-0.15, -0.1) is 0 Å². The van der Waals surface area contributed by atoms with Crippen LogP contribution in [0.5, 0.6) is 0 Å². The Morgan fingerprint density at radius 1 is 0.808 bits per heavy atom. The smallest absolute Gasteiger partial charge is 0.338 e. The third kappa shape index (κ3) is 11.1. The van der Waals surface area contributed by atoms with E-state index in [9.17, 15) is 4.79 Å². The summed E-state index contributed by atoms with van der Waals surface area (Å²) in [6, 6.07) is 7.37.